The average molecular weight is 457 g/mol. The maximum Gasteiger partial charge on any atom is 0.265 e. The van der Waals surface area contributed by atoms with Gasteiger partial charge in [0.15, 0.2) is 0 Å². The molecule has 7 heteroatoms. The van der Waals surface area contributed by atoms with E-state index in [4.69, 9.17) is 4.74 Å². The fraction of sp³-hybridized carbons (Fsp3) is 0.480. The minimum Gasteiger partial charge on any atom is -0.495 e. The fourth-order valence-corrected chi connectivity index (χ4v) is 6.09. The number of nitrogens with zero attached hydrogens (tertiary/aromatic N) is 1. The highest BCUT2D eigenvalue weighted by molar-refractivity contribution is 7.92. The van der Waals surface area contributed by atoms with Gasteiger partial charge in [0.05, 0.1) is 7.11 Å². The van der Waals surface area contributed by atoms with E-state index < -0.39 is 10.0 Å². The van der Waals surface area contributed by atoms with Crippen LogP contribution >= 0.6 is 0 Å². The molecule has 1 aliphatic carbocycles. The summed E-state index contributed by atoms with van der Waals surface area (Å²) >= 11 is 0. The van der Waals surface area contributed by atoms with Crippen LogP contribution in [0.5, 0.6) is 5.75 Å². The van der Waals surface area contributed by atoms with E-state index in [-0.39, 0.29) is 16.7 Å². The van der Waals surface area contributed by atoms with Gasteiger partial charge in [-0.05, 0) is 86.6 Å². The largest absolute Gasteiger partial charge is 0.495 e. The molecule has 1 heterocycles. The van der Waals surface area contributed by atoms with Gasteiger partial charge >= 0.3 is 0 Å². The van der Waals surface area contributed by atoms with E-state index in [1.807, 2.05) is 30.9 Å². The summed E-state index contributed by atoms with van der Waals surface area (Å²) in [5.41, 5.74) is 4.27. The van der Waals surface area contributed by atoms with Crippen molar-refractivity contribution >= 4 is 27.3 Å². The topological polar surface area (TPSA) is 75.7 Å². The second-order valence-corrected chi connectivity index (χ2v) is 10.6. The van der Waals surface area contributed by atoms with Crippen LogP contribution in [-0.2, 0) is 21.2 Å². The number of carbonyl (C=O) groups excluding carboxylic acids is 1. The van der Waals surface area contributed by atoms with Crippen molar-refractivity contribution in [3.8, 4) is 5.75 Å². The highest BCUT2D eigenvalue weighted by atomic mass is 32.2. The molecule has 2 aliphatic rings. The molecule has 2 aromatic rings. The first-order valence-corrected chi connectivity index (χ1v) is 12.9. The second-order valence-electron chi connectivity index (χ2n) is 8.96. The van der Waals surface area contributed by atoms with Crippen LogP contribution in [0, 0.1) is 19.8 Å². The van der Waals surface area contributed by atoms with Gasteiger partial charge in [0.2, 0.25) is 5.91 Å². The van der Waals surface area contributed by atoms with Crippen LogP contribution in [0.15, 0.2) is 35.2 Å². The van der Waals surface area contributed by atoms with Crippen molar-refractivity contribution < 1.29 is 17.9 Å². The van der Waals surface area contributed by atoms with Crippen molar-refractivity contribution in [2.45, 2.75) is 63.7 Å². The Balaban J connectivity index is 1.59. The third-order valence-corrected chi connectivity index (χ3v) is 8.14. The number of hydrogen-bond donors (Lipinski definition) is 1. The Kier molecular flexibility index (Phi) is 6.47. The number of aryl methyl sites for hydroxylation is 3. The molecule has 0 radical (unpaired) electrons. The Morgan fingerprint density at radius 1 is 1.03 bits per heavy atom. The fourth-order valence-electron chi connectivity index (χ4n) is 4.80. The number of methoxy groups -OCH3 is 1. The van der Waals surface area contributed by atoms with Gasteiger partial charge in [-0.25, -0.2) is 8.42 Å². The van der Waals surface area contributed by atoms with Gasteiger partial charge in [0, 0.05) is 23.8 Å². The van der Waals surface area contributed by atoms with E-state index in [1.54, 1.807) is 18.2 Å². The minimum atomic E-state index is -3.82. The van der Waals surface area contributed by atoms with Crippen molar-refractivity contribution in [2.24, 2.45) is 5.92 Å². The van der Waals surface area contributed by atoms with Gasteiger partial charge < -0.3 is 9.64 Å². The predicted molar refractivity (Wildman–Crippen MR) is 127 cm³/mol. The summed E-state index contributed by atoms with van der Waals surface area (Å²) in [4.78, 5) is 15.2. The SMILES string of the molecule is COc1cc(C)c(C)cc1S(=O)(=O)Nc1ccc2c(c1)CCCN2C(=O)C1CCCCC1. The van der Waals surface area contributed by atoms with Crippen LogP contribution in [0.1, 0.15) is 55.2 Å². The van der Waals surface area contributed by atoms with Crippen molar-refractivity contribution in [1.82, 2.24) is 0 Å². The van der Waals surface area contributed by atoms with E-state index in [2.05, 4.69) is 4.72 Å². The molecular formula is C25H32N2O4S. The van der Waals surface area contributed by atoms with Crippen molar-refractivity contribution in [3.05, 3.63) is 47.0 Å². The molecule has 32 heavy (non-hydrogen) atoms. The summed E-state index contributed by atoms with van der Waals surface area (Å²) in [7, 11) is -2.35. The van der Waals surface area contributed by atoms with Crippen molar-refractivity contribution in [2.75, 3.05) is 23.3 Å². The predicted octanol–water partition coefficient (Wildman–Crippen LogP) is 4.97. The number of rotatable bonds is 5. The lowest BCUT2D eigenvalue weighted by Crippen LogP contribution is -2.40. The Hall–Kier alpha value is -2.54. The molecule has 1 N–H and O–H groups in total. The molecule has 1 aliphatic heterocycles. The number of fused-ring (bicyclic) bond motifs is 1. The zero-order valence-electron chi connectivity index (χ0n) is 19.1. The molecule has 6 nitrogen and oxygen atoms in total. The molecule has 4 rings (SSSR count). The first-order chi connectivity index (χ1) is 15.3. The molecule has 2 aromatic carbocycles. The van der Waals surface area contributed by atoms with Gasteiger partial charge in [-0.2, -0.15) is 0 Å². The third kappa shape index (κ3) is 4.49. The highest BCUT2D eigenvalue weighted by Gasteiger charge is 2.30. The molecule has 172 valence electrons. The first kappa shape index (κ1) is 22.6. The van der Waals surface area contributed by atoms with Crippen LogP contribution in [0.2, 0.25) is 0 Å². The quantitative estimate of drug-likeness (QED) is 0.689. The normalized spacial score (nSPS) is 17.0. The lowest BCUT2D eigenvalue weighted by Gasteiger charge is -2.34. The minimum absolute atomic E-state index is 0.116. The van der Waals surface area contributed by atoms with E-state index in [0.717, 1.165) is 67.4 Å². The zero-order valence-corrected chi connectivity index (χ0v) is 19.9. The number of amides is 1. The number of ether oxygens (including phenoxy) is 1. The van der Waals surface area contributed by atoms with Gasteiger partial charge in [-0.3, -0.25) is 9.52 Å². The highest BCUT2D eigenvalue weighted by Crippen LogP contribution is 2.35. The summed E-state index contributed by atoms with van der Waals surface area (Å²) in [6.07, 6.45) is 7.12. The monoisotopic (exact) mass is 456 g/mol. The summed E-state index contributed by atoms with van der Waals surface area (Å²) in [6, 6.07) is 8.87. The molecule has 0 atom stereocenters. The molecule has 1 amide bonds. The van der Waals surface area contributed by atoms with Crippen molar-refractivity contribution in [1.29, 1.82) is 0 Å². The lowest BCUT2D eigenvalue weighted by molar-refractivity contribution is -0.123. The second kappa shape index (κ2) is 9.14. The summed E-state index contributed by atoms with van der Waals surface area (Å²) in [5, 5.41) is 0. The smallest absolute Gasteiger partial charge is 0.265 e. The van der Waals surface area contributed by atoms with Crippen LogP contribution in [0.3, 0.4) is 0 Å². The summed E-state index contributed by atoms with van der Waals surface area (Å²) in [5.74, 6) is 0.659. The molecular weight excluding hydrogens is 424 g/mol. The van der Waals surface area contributed by atoms with Crippen LogP contribution < -0.4 is 14.4 Å². The number of carbonyl (C=O) groups is 1. The summed E-state index contributed by atoms with van der Waals surface area (Å²) in [6.45, 7) is 4.53. The molecule has 0 aromatic heterocycles. The first-order valence-electron chi connectivity index (χ1n) is 11.4. The maximum absolute atomic E-state index is 13.1. The number of nitrogens with one attached hydrogen (secondary N) is 1. The molecule has 1 fully saturated rings. The standard InChI is InChI=1S/C25H32N2O4S/c1-17-14-23(31-3)24(15-18(17)2)32(29,30)26-21-11-12-22-20(16-21)10-7-13-27(22)25(28)19-8-5-4-6-9-19/h11-12,14-16,19,26H,4-10,13H2,1-3H3. The Morgan fingerprint density at radius 2 is 1.75 bits per heavy atom. The van der Waals surface area contributed by atoms with Crippen LogP contribution in [0.25, 0.3) is 0 Å². The van der Waals surface area contributed by atoms with Crippen molar-refractivity contribution in [3.63, 3.8) is 0 Å². The van der Waals surface area contributed by atoms with Gasteiger partial charge in [-0.1, -0.05) is 19.3 Å². The Labute approximate surface area is 191 Å². The van der Waals surface area contributed by atoms with E-state index in [1.165, 1.54) is 13.5 Å². The lowest BCUT2D eigenvalue weighted by atomic mass is 9.87. The van der Waals surface area contributed by atoms with Gasteiger partial charge in [0.1, 0.15) is 10.6 Å². The number of hydrogen-bond acceptors (Lipinski definition) is 4. The molecule has 0 bridgehead atoms. The molecule has 0 spiro atoms. The van der Waals surface area contributed by atoms with Crippen LogP contribution in [0.4, 0.5) is 11.4 Å². The van der Waals surface area contributed by atoms with Gasteiger partial charge in [-0.15, -0.1) is 0 Å². The number of sulfonamides is 1. The Morgan fingerprint density at radius 3 is 2.47 bits per heavy atom. The molecule has 0 unspecified atom stereocenters. The average Bonchev–Trinajstić information content (AvgIpc) is 2.79. The third-order valence-electron chi connectivity index (χ3n) is 6.74. The molecule has 1 saturated carbocycles. The van der Waals surface area contributed by atoms with E-state index >= 15 is 0 Å². The van der Waals surface area contributed by atoms with E-state index in [0.29, 0.717) is 11.4 Å². The zero-order chi connectivity index (χ0) is 22.9. The molecule has 0 saturated heterocycles. The Bertz CT molecular complexity index is 1120. The van der Waals surface area contributed by atoms with E-state index in [9.17, 15) is 13.2 Å². The summed E-state index contributed by atoms with van der Waals surface area (Å²) < 4.78 is 34.3. The van der Waals surface area contributed by atoms with Crippen LogP contribution in [-0.4, -0.2) is 28.0 Å². The maximum atomic E-state index is 13.1. The number of benzene rings is 2. The number of anilines is 2. The van der Waals surface area contributed by atoms with Gasteiger partial charge in [0.25, 0.3) is 10.0 Å².